The molecule has 0 saturated heterocycles. The van der Waals surface area contributed by atoms with Crippen LogP contribution < -0.4 is 9.47 Å². The maximum absolute atomic E-state index is 12.1. The van der Waals surface area contributed by atoms with Gasteiger partial charge in [0.2, 0.25) is 0 Å². The largest absolute Gasteiger partial charge is 0.497 e. The number of hydrogen-bond acceptors (Lipinski definition) is 3. The molecule has 0 unspecified atom stereocenters. The Morgan fingerprint density at radius 2 is 1.86 bits per heavy atom. The smallest absolute Gasteiger partial charge is 0.260 e. The van der Waals surface area contributed by atoms with Gasteiger partial charge in [0.25, 0.3) is 5.91 Å². The van der Waals surface area contributed by atoms with E-state index in [9.17, 15) is 4.79 Å². The van der Waals surface area contributed by atoms with E-state index in [0.717, 1.165) is 10.0 Å². The lowest BCUT2D eigenvalue weighted by atomic mass is 10.2. The first-order valence-corrected chi connectivity index (χ1v) is 7.63. The molecule has 0 aliphatic rings. The molecule has 0 saturated carbocycles. The Bertz CT molecular complexity index is 645. The molecule has 0 radical (unpaired) electrons. The Kier molecular flexibility index (Phi) is 5.83. The lowest BCUT2D eigenvalue weighted by Crippen LogP contribution is -2.31. The van der Waals surface area contributed by atoms with E-state index in [2.05, 4.69) is 15.9 Å². The number of methoxy groups -OCH3 is 1. The van der Waals surface area contributed by atoms with E-state index >= 15 is 0 Å². The third kappa shape index (κ3) is 4.49. The van der Waals surface area contributed by atoms with Crippen molar-refractivity contribution in [3.8, 4) is 11.5 Å². The number of amides is 1. The van der Waals surface area contributed by atoms with Crippen molar-refractivity contribution < 1.29 is 14.3 Å². The van der Waals surface area contributed by atoms with Crippen LogP contribution in [0.5, 0.6) is 11.5 Å². The highest BCUT2D eigenvalue weighted by Crippen LogP contribution is 2.19. The highest BCUT2D eigenvalue weighted by Gasteiger charge is 2.11. The Morgan fingerprint density at radius 1 is 1.14 bits per heavy atom. The lowest BCUT2D eigenvalue weighted by Gasteiger charge is -2.18. The molecule has 0 N–H and O–H groups in total. The Hall–Kier alpha value is -2.01. The van der Waals surface area contributed by atoms with Crippen LogP contribution in [0.4, 0.5) is 0 Å². The second-order valence-electron chi connectivity index (χ2n) is 4.81. The summed E-state index contributed by atoms with van der Waals surface area (Å²) in [6.07, 6.45) is 0. The zero-order valence-electron chi connectivity index (χ0n) is 12.6. The van der Waals surface area contributed by atoms with Crippen LogP contribution in [0.2, 0.25) is 0 Å². The maximum Gasteiger partial charge on any atom is 0.260 e. The lowest BCUT2D eigenvalue weighted by molar-refractivity contribution is -0.132. The summed E-state index contributed by atoms with van der Waals surface area (Å²) >= 11 is 3.48. The number of nitrogens with zero attached hydrogens (tertiary/aromatic N) is 1. The van der Waals surface area contributed by atoms with Gasteiger partial charge in [0.1, 0.15) is 11.5 Å². The molecule has 0 aliphatic heterocycles. The quantitative estimate of drug-likeness (QED) is 0.788. The molecule has 2 rings (SSSR count). The fraction of sp³-hybridized carbons (Fsp3) is 0.235. The average Bonchev–Trinajstić information content (AvgIpc) is 2.54. The minimum Gasteiger partial charge on any atom is -0.497 e. The molecule has 22 heavy (non-hydrogen) atoms. The second-order valence-corrected chi connectivity index (χ2v) is 5.66. The zero-order valence-corrected chi connectivity index (χ0v) is 14.2. The molecule has 0 heterocycles. The second kappa shape index (κ2) is 7.84. The first-order chi connectivity index (χ1) is 10.6. The number of carbonyl (C=O) groups excluding carboxylic acids is 1. The van der Waals surface area contributed by atoms with Gasteiger partial charge in [-0.15, -0.1) is 0 Å². The van der Waals surface area contributed by atoms with Crippen molar-refractivity contribution >= 4 is 21.8 Å². The molecule has 1 amide bonds. The summed E-state index contributed by atoms with van der Waals surface area (Å²) in [6.45, 7) is 0.524. The molecule has 116 valence electrons. The van der Waals surface area contributed by atoms with E-state index < -0.39 is 0 Å². The molecule has 0 spiro atoms. The molecule has 4 nitrogen and oxygen atoms in total. The predicted octanol–water partition coefficient (Wildman–Crippen LogP) is 3.50. The summed E-state index contributed by atoms with van der Waals surface area (Å²) in [4.78, 5) is 13.8. The molecule has 0 bridgehead atoms. The minimum atomic E-state index is -0.0847. The number of ether oxygens (including phenoxy) is 2. The standard InChI is InChI=1S/C17H18BrNO3/c1-19(11-13-6-3-4-9-16(13)18)17(20)12-22-15-8-5-7-14(10-15)21-2/h3-10H,11-12H2,1-2H3. The minimum absolute atomic E-state index is 0.00583. The summed E-state index contributed by atoms with van der Waals surface area (Å²) in [5.74, 6) is 1.23. The fourth-order valence-corrected chi connectivity index (χ4v) is 2.33. The van der Waals surface area contributed by atoms with E-state index in [1.54, 1.807) is 31.2 Å². The van der Waals surface area contributed by atoms with Crippen LogP contribution in [-0.2, 0) is 11.3 Å². The van der Waals surface area contributed by atoms with Crippen LogP contribution >= 0.6 is 15.9 Å². The number of rotatable bonds is 6. The van der Waals surface area contributed by atoms with Crippen LogP contribution in [0, 0.1) is 0 Å². The fourth-order valence-electron chi connectivity index (χ4n) is 1.92. The Labute approximate surface area is 138 Å². The number of halogens is 1. The molecule has 0 aromatic heterocycles. The van der Waals surface area contributed by atoms with Crippen LogP contribution in [0.15, 0.2) is 53.0 Å². The molecule has 2 aromatic rings. The van der Waals surface area contributed by atoms with Crippen molar-refractivity contribution in [2.45, 2.75) is 6.54 Å². The number of likely N-dealkylation sites (N-methyl/N-ethyl adjacent to an activating group) is 1. The molecule has 5 heteroatoms. The van der Waals surface area contributed by atoms with Gasteiger partial charge in [0.05, 0.1) is 7.11 Å². The third-order valence-corrected chi connectivity index (χ3v) is 3.97. The van der Waals surface area contributed by atoms with Crippen LogP contribution in [0.3, 0.4) is 0 Å². The van der Waals surface area contributed by atoms with E-state index in [1.165, 1.54) is 0 Å². The van der Waals surface area contributed by atoms with E-state index in [-0.39, 0.29) is 12.5 Å². The highest BCUT2D eigenvalue weighted by molar-refractivity contribution is 9.10. The van der Waals surface area contributed by atoms with Crippen LogP contribution in [-0.4, -0.2) is 31.6 Å². The van der Waals surface area contributed by atoms with Gasteiger partial charge in [0.15, 0.2) is 6.61 Å². The highest BCUT2D eigenvalue weighted by atomic mass is 79.9. The van der Waals surface area contributed by atoms with Gasteiger partial charge < -0.3 is 14.4 Å². The molecule has 2 aromatic carbocycles. The van der Waals surface area contributed by atoms with Crippen molar-refractivity contribution in [3.05, 3.63) is 58.6 Å². The molecule has 0 aliphatic carbocycles. The Morgan fingerprint density at radius 3 is 2.59 bits per heavy atom. The summed E-state index contributed by atoms with van der Waals surface area (Å²) < 4.78 is 11.6. The predicted molar refractivity (Wildman–Crippen MR) is 89.1 cm³/mol. The van der Waals surface area contributed by atoms with Gasteiger partial charge >= 0.3 is 0 Å². The summed E-state index contributed by atoms with van der Waals surface area (Å²) in [5, 5.41) is 0. The molecular weight excluding hydrogens is 346 g/mol. The van der Waals surface area contributed by atoms with Crippen molar-refractivity contribution in [2.75, 3.05) is 20.8 Å². The van der Waals surface area contributed by atoms with Gasteiger partial charge in [-0.25, -0.2) is 0 Å². The van der Waals surface area contributed by atoms with Crippen molar-refractivity contribution in [2.24, 2.45) is 0 Å². The van der Waals surface area contributed by atoms with Crippen molar-refractivity contribution in [3.63, 3.8) is 0 Å². The van der Waals surface area contributed by atoms with Gasteiger partial charge in [-0.1, -0.05) is 40.2 Å². The topological polar surface area (TPSA) is 38.8 Å². The van der Waals surface area contributed by atoms with Crippen molar-refractivity contribution in [1.82, 2.24) is 4.90 Å². The number of carbonyl (C=O) groups is 1. The SMILES string of the molecule is COc1cccc(OCC(=O)N(C)Cc2ccccc2Br)c1. The Balaban J connectivity index is 1.90. The van der Waals surface area contributed by atoms with Gasteiger partial charge in [-0.3, -0.25) is 4.79 Å². The van der Waals surface area contributed by atoms with Gasteiger partial charge in [0, 0.05) is 24.1 Å². The number of hydrogen-bond donors (Lipinski definition) is 0. The summed E-state index contributed by atoms with van der Waals surface area (Å²) in [6, 6.07) is 15.0. The molecule has 0 atom stereocenters. The number of benzene rings is 2. The van der Waals surface area contributed by atoms with Gasteiger partial charge in [-0.2, -0.15) is 0 Å². The summed E-state index contributed by atoms with van der Waals surface area (Å²) in [7, 11) is 3.35. The third-order valence-electron chi connectivity index (χ3n) is 3.19. The normalized spacial score (nSPS) is 10.1. The van der Waals surface area contributed by atoms with Gasteiger partial charge in [-0.05, 0) is 23.8 Å². The van der Waals surface area contributed by atoms with Crippen LogP contribution in [0.1, 0.15) is 5.56 Å². The molecular formula is C17H18BrNO3. The van der Waals surface area contributed by atoms with E-state index in [4.69, 9.17) is 9.47 Å². The summed E-state index contributed by atoms with van der Waals surface area (Å²) in [5.41, 5.74) is 1.06. The van der Waals surface area contributed by atoms with E-state index in [1.807, 2.05) is 36.4 Å². The monoisotopic (exact) mass is 363 g/mol. The first-order valence-electron chi connectivity index (χ1n) is 6.84. The zero-order chi connectivity index (χ0) is 15.9. The van der Waals surface area contributed by atoms with Crippen LogP contribution in [0.25, 0.3) is 0 Å². The van der Waals surface area contributed by atoms with Crippen molar-refractivity contribution in [1.29, 1.82) is 0 Å². The maximum atomic E-state index is 12.1. The average molecular weight is 364 g/mol. The molecule has 0 fully saturated rings. The van der Waals surface area contributed by atoms with E-state index in [0.29, 0.717) is 18.0 Å². The first kappa shape index (κ1) is 16.4.